The molecule has 0 saturated heterocycles. The maximum Gasteiger partial charge on any atom is 1.00 e. The number of rotatable bonds is 1. The van der Waals surface area contributed by atoms with Crippen molar-refractivity contribution in [3.8, 4) is 22.3 Å². The van der Waals surface area contributed by atoms with E-state index in [9.17, 15) is 0 Å². The van der Waals surface area contributed by atoms with E-state index in [4.69, 9.17) is 0 Å². The van der Waals surface area contributed by atoms with Crippen LogP contribution in [0.2, 0.25) is 0 Å². The van der Waals surface area contributed by atoms with Gasteiger partial charge in [-0.1, -0.05) is 71.3 Å². The van der Waals surface area contributed by atoms with Crippen LogP contribution in [-0.2, 0) is 6.42 Å². The van der Waals surface area contributed by atoms with Crippen molar-refractivity contribution < 1.29 is 51.4 Å². The van der Waals surface area contributed by atoms with Crippen LogP contribution in [0.5, 0.6) is 0 Å². The van der Waals surface area contributed by atoms with Crippen molar-refractivity contribution in [2.75, 3.05) is 0 Å². The molecule has 0 N–H and O–H groups in total. The first-order valence-electron chi connectivity index (χ1n) is 6.61. The molecule has 0 amide bonds. The van der Waals surface area contributed by atoms with Gasteiger partial charge in [-0.2, -0.15) is 0 Å². The van der Waals surface area contributed by atoms with Gasteiger partial charge in [0.2, 0.25) is 0 Å². The van der Waals surface area contributed by atoms with Crippen LogP contribution in [0, 0.1) is 6.07 Å². The largest absolute Gasteiger partial charge is 1.00 e. The molecule has 90 valence electrons. The summed E-state index contributed by atoms with van der Waals surface area (Å²) in [5.74, 6) is 0. The van der Waals surface area contributed by atoms with Crippen molar-refractivity contribution in [1.82, 2.24) is 0 Å². The van der Waals surface area contributed by atoms with Crippen LogP contribution in [0.4, 0.5) is 0 Å². The Morgan fingerprint density at radius 3 is 2.30 bits per heavy atom. The van der Waals surface area contributed by atoms with E-state index < -0.39 is 0 Å². The topological polar surface area (TPSA) is 0 Å². The molecular formula is C19H13K. The summed E-state index contributed by atoms with van der Waals surface area (Å²) in [5, 5.41) is 0. The molecule has 0 unspecified atom stereocenters. The third-order valence-corrected chi connectivity index (χ3v) is 3.79. The van der Waals surface area contributed by atoms with Gasteiger partial charge in [0.15, 0.2) is 0 Å². The predicted octanol–water partition coefficient (Wildman–Crippen LogP) is 1.73. The molecule has 0 fully saturated rings. The van der Waals surface area contributed by atoms with E-state index in [1.165, 1.54) is 33.4 Å². The molecule has 0 aliphatic heterocycles. The van der Waals surface area contributed by atoms with Crippen molar-refractivity contribution in [1.29, 1.82) is 0 Å². The van der Waals surface area contributed by atoms with Crippen molar-refractivity contribution >= 4 is 0 Å². The smallest absolute Gasteiger partial charge is 0.143 e. The molecule has 1 heteroatoms. The summed E-state index contributed by atoms with van der Waals surface area (Å²) >= 11 is 0. The van der Waals surface area contributed by atoms with Gasteiger partial charge in [0, 0.05) is 0 Å². The van der Waals surface area contributed by atoms with Crippen LogP contribution in [0.15, 0.2) is 66.7 Å². The molecule has 1 aliphatic rings. The molecule has 0 spiro atoms. The number of fused-ring (bicyclic) bond motifs is 3. The van der Waals surface area contributed by atoms with Crippen molar-refractivity contribution in [3.63, 3.8) is 0 Å². The minimum atomic E-state index is 0. The van der Waals surface area contributed by atoms with E-state index in [1.54, 1.807) is 0 Å². The molecule has 0 aromatic heterocycles. The van der Waals surface area contributed by atoms with Gasteiger partial charge in [-0.15, -0.1) is 29.3 Å². The molecule has 0 atom stereocenters. The molecule has 0 nitrogen and oxygen atoms in total. The van der Waals surface area contributed by atoms with Crippen LogP contribution in [0.3, 0.4) is 0 Å². The second-order valence-electron chi connectivity index (χ2n) is 4.96. The average molecular weight is 280 g/mol. The first kappa shape index (κ1) is 14.2. The summed E-state index contributed by atoms with van der Waals surface area (Å²) < 4.78 is 0. The van der Waals surface area contributed by atoms with E-state index in [-0.39, 0.29) is 51.4 Å². The first-order valence-corrected chi connectivity index (χ1v) is 6.61. The van der Waals surface area contributed by atoms with E-state index in [1.807, 2.05) is 6.07 Å². The SMILES string of the molecule is [K+].[c-]1c(-c2ccccc2)ccc2c1Cc1ccccc1-2. The van der Waals surface area contributed by atoms with Crippen LogP contribution >= 0.6 is 0 Å². The van der Waals surface area contributed by atoms with Crippen molar-refractivity contribution in [3.05, 3.63) is 83.9 Å². The second kappa shape index (κ2) is 5.96. The fraction of sp³-hybridized carbons (Fsp3) is 0.0526. The van der Waals surface area contributed by atoms with Crippen LogP contribution in [-0.4, -0.2) is 0 Å². The quantitative estimate of drug-likeness (QED) is 0.368. The number of benzene rings is 3. The van der Waals surface area contributed by atoms with Gasteiger partial charge in [0.05, 0.1) is 0 Å². The molecule has 3 aromatic rings. The van der Waals surface area contributed by atoms with Gasteiger partial charge in [0.1, 0.15) is 0 Å². The first-order chi connectivity index (χ1) is 9.42. The molecular weight excluding hydrogens is 267 g/mol. The van der Waals surface area contributed by atoms with Gasteiger partial charge >= 0.3 is 51.4 Å². The Kier molecular flexibility index (Phi) is 4.25. The minimum absolute atomic E-state index is 0. The Labute approximate surface area is 162 Å². The summed E-state index contributed by atoms with van der Waals surface area (Å²) in [5.41, 5.74) is 7.87. The van der Waals surface area contributed by atoms with Crippen LogP contribution in [0.25, 0.3) is 22.3 Å². The fourth-order valence-corrected chi connectivity index (χ4v) is 2.84. The Hall–Kier alpha value is -0.704. The fourth-order valence-electron chi connectivity index (χ4n) is 2.84. The zero-order valence-electron chi connectivity index (χ0n) is 11.6. The molecule has 0 heterocycles. The van der Waals surface area contributed by atoms with E-state index in [0.717, 1.165) is 6.42 Å². The monoisotopic (exact) mass is 280 g/mol. The second-order valence-corrected chi connectivity index (χ2v) is 4.96. The van der Waals surface area contributed by atoms with Gasteiger partial charge in [-0.05, 0) is 12.0 Å². The normalized spacial score (nSPS) is 11.4. The molecule has 4 rings (SSSR count). The van der Waals surface area contributed by atoms with Crippen molar-refractivity contribution in [2.24, 2.45) is 0 Å². The maximum atomic E-state index is 3.59. The molecule has 3 aromatic carbocycles. The zero-order chi connectivity index (χ0) is 12.7. The number of hydrogen-bond donors (Lipinski definition) is 0. The summed E-state index contributed by atoms with van der Waals surface area (Å²) in [7, 11) is 0. The molecule has 0 radical (unpaired) electrons. The Morgan fingerprint density at radius 1 is 0.700 bits per heavy atom. The Morgan fingerprint density at radius 2 is 1.45 bits per heavy atom. The van der Waals surface area contributed by atoms with E-state index in [2.05, 4.69) is 66.7 Å². The Bertz CT molecular complexity index is 745. The number of hydrogen-bond acceptors (Lipinski definition) is 0. The van der Waals surface area contributed by atoms with Gasteiger partial charge in [0.25, 0.3) is 0 Å². The van der Waals surface area contributed by atoms with Gasteiger partial charge < -0.3 is 0 Å². The van der Waals surface area contributed by atoms with Gasteiger partial charge in [-0.25, -0.2) is 0 Å². The summed E-state index contributed by atoms with van der Waals surface area (Å²) in [6.45, 7) is 0. The third-order valence-electron chi connectivity index (χ3n) is 3.79. The molecule has 20 heavy (non-hydrogen) atoms. The maximum absolute atomic E-state index is 3.59. The van der Waals surface area contributed by atoms with E-state index in [0.29, 0.717) is 0 Å². The average Bonchev–Trinajstić information content (AvgIpc) is 2.86. The molecule has 0 saturated carbocycles. The summed E-state index contributed by atoms with van der Waals surface area (Å²) in [4.78, 5) is 0. The standard InChI is InChI=1S/C19H13.K/c1-2-6-14(7-3-1)15-10-11-19-17(12-15)13-16-8-4-5-9-18(16)19;/h1-11H,13H2;/q-1;+1. The summed E-state index contributed by atoms with van der Waals surface area (Å²) in [6, 6.07) is 27.1. The molecule has 1 aliphatic carbocycles. The third kappa shape index (κ3) is 2.45. The van der Waals surface area contributed by atoms with Crippen LogP contribution < -0.4 is 51.4 Å². The zero-order valence-corrected chi connectivity index (χ0v) is 14.7. The van der Waals surface area contributed by atoms with E-state index >= 15 is 0 Å². The van der Waals surface area contributed by atoms with Crippen molar-refractivity contribution in [2.45, 2.75) is 6.42 Å². The predicted molar refractivity (Wildman–Crippen MR) is 79.0 cm³/mol. The van der Waals surface area contributed by atoms with Crippen LogP contribution in [0.1, 0.15) is 11.1 Å². The molecule has 0 bridgehead atoms. The minimum Gasteiger partial charge on any atom is -0.143 e. The Balaban J connectivity index is 0.00000121. The summed E-state index contributed by atoms with van der Waals surface area (Å²) in [6.07, 6.45) is 1.01. The van der Waals surface area contributed by atoms with Gasteiger partial charge in [-0.3, -0.25) is 0 Å².